The van der Waals surface area contributed by atoms with E-state index in [1.54, 1.807) is 12.1 Å². The van der Waals surface area contributed by atoms with Gasteiger partial charge in [-0.05, 0) is 74.2 Å². The first kappa shape index (κ1) is 18.6. The molecule has 5 heteroatoms. The van der Waals surface area contributed by atoms with Crippen LogP contribution in [-0.4, -0.2) is 35.8 Å². The Morgan fingerprint density at radius 2 is 1.58 bits per heavy atom. The summed E-state index contributed by atoms with van der Waals surface area (Å²) in [4.78, 5) is 26.9. The number of carbonyl (C=O) groups excluding carboxylic acids is 2. The number of piperidine rings is 1. The number of amides is 2. The van der Waals surface area contributed by atoms with Crippen molar-refractivity contribution in [1.29, 1.82) is 0 Å². The van der Waals surface area contributed by atoms with Crippen molar-refractivity contribution in [3.8, 4) is 0 Å². The van der Waals surface area contributed by atoms with E-state index in [0.717, 1.165) is 28.4 Å². The van der Waals surface area contributed by atoms with Crippen LogP contribution in [0.4, 0.5) is 0 Å². The zero-order valence-corrected chi connectivity index (χ0v) is 16.7. The van der Waals surface area contributed by atoms with E-state index < -0.39 is 0 Å². The Bertz CT molecular complexity index is 809. The fraction of sp³-hybridized carbons (Fsp3) is 0.333. The van der Waals surface area contributed by atoms with Crippen LogP contribution in [0, 0.1) is 13.8 Å². The van der Waals surface area contributed by atoms with Crippen molar-refractivity contribution in [3.05, 3.63) is 69.2 Å². The van der Waals surface area contributed by atoms with E-state index in [4.69, 9.17) is 0 Å². The maximum absolute atomic E-state index is 12.7. The van der Waals surface area contributed by atoms with E-state index in [1.807, 2.05) is 49.1 Å². The second-order valence-corrected chi connectivity index (χ2v) is 7.76. The fourth-order valence-corrected chi connectivity index (χ4v) is 3.42. The van der Waals surface area contributed by atoms with Gasteiger partial charge in [-0.25, -0.2) is 0 Å². The number of hydrogen-bond donors (Lipinski definition) is 1. The maximum atomic E-state index is 12.7. The number of carbonyl (C=O) groups is 2. The smallest absolute Gasteiger partial charge is 0.253 e. The Hall–Kier alpha value is -2.14. The van der Waals surface area contributed by atoms with Crippen LogP contribution in [0.25, 0.3) is 0 Å². The molecule has 0 aliphatic carbocycles. The fourth-order valence-electron chi connectivity index (χ4n) is 3.15. The molecule has 3 rings (SSSR count). The summed E-state index contributed by atoms with van der Waals surface area (Å²) < 4.78 is 0.951. The van der Waals surface area contributed by atoms with Crippen LogP contribution < -0.4 is 5.32 Å². The van der Waals surface area contributed by atoms with E-state index in [9.17, 15) is 9.59 Å². The van der Waals surface area contributed by atoms with Gasteiger partial charge in [0, 0.05) is 34.7 Å². The Morgan fingerprint density at radius 1 is 0.962 bits per heavy atom. The molecule has 0 unspecified atom stereocenters. The lowest BCUT2D eigenvalue weighted by atomic mass is 10.0. The van der Waals surface area contributed by atoms with Crippen molar-refractivity contribution in [2.24, 2.45) is 0 Å². The van der Waals surface area contributed by atoms with Crippen LogP contribution in [0.1, 0.15) is 44.7 Å². The predicted molar refractivity (Wildman–Crippen MR) is 106 cm³/mol. The summed E-state index contributed by atoms with van der Waals surface area (Å²) in [6.07, 6.45) is 1.55. The van der Waals surface area contributed by atoms with Gasteiger partial charge in [0.25, 0.3) is 11.8 Å². The molecule has 4 nitrogen and oxygen atoms in total. The van der Waals surface area contributed by atoms with E-state index in [-0.39, 0.29) is 17.9 Å². The number of nitrogens with zero attached hydrogens (tertiary/aromatic N) is 1. The monoisotopic (exact) mass is 414 g/mol. The van der Waals surface area contributed by atoms with E-state index >= 15 is 0 Å². The number of nitrogens with one attached hydrogen (secondary N) is 1. The van der Waals surface area contributed by atoms with Crippen molar-refractivity contribution in [2.45, 2.75) is 32.7 Å². The molecule has 26 heavy (non-hydrogen) atoms. The molecule has 2 aromatic rings. The summed E-state index contributed by atoms with van der Waals surface area (Å²) in [7, 11) is 0. The third-order valence-corrected chi connectivity index (χ3v) is 5.51. The molecule has 1 aliphatic heterocycles. The highest BCUT2D eigenvalue weighted by Crippen LogP contribution is 2.17. The Morgan fingerprint density at radius 3 is 2.19 bits per heavy atom. The maximum Gasteiger partial charge on any atom is 0.253 e. The number of hydrogen-bond acceptors (Lipinski definition) is 2. The van der Waals surface area contributed by atoms with Gasteiger partial charge in [0.2, 0.25) is 0 Å². The number of benzene rings is 2. The third kappa shape index (κ3) is 4.33. The van der Waals surface area contributed by atoms with Crippen molar-refractivity contribution >= 4 is 27.7 Å². The molecule has 0 saturated carbocycles. The molecule has 0 aromatic heterocycles. The summed E-state index contributed by atoms with van der Waals surface area (Å²) >= 11 is 3.37. The molecule has 0 atom stereocenters. The summed E-state index contributed by atoms with van der Waals surface area (Å²) in [5, 5.41) is 3.08. The first-order valence-corrected chi connectivity index (χ1v) is 9.66. The second-order valence-electron chi connectivity index (χ2n) is 6.85. The minimum atomic E-state index is -0.0589. The highest BCUT2D eigenvalue weighted by atomic mass is 79.9. The van der Waals surface area contributed by atoms with Crippen molar-refractivity contribution in [3.63, 3.8) is 0 Å². The van der Waals surface area contributed by atoms with Crippen molar-refractivity contribution in [1.82, 2.24) is 10.2 Å². The molecule has 0 bridgehead atoms. The molecule has 2 aromatic carbocycles. The van der Waals surface area contributed by atoms with Crippen LogP contribution in [0.5, 0.6) is 0 Å². The largest absolute Gasteiger partial charge is 0.349 e. The first-order valence-electron chi connectivity index (χ1n) is 8.87. The molecule has 1 aliphatic rings. The van der Waals surface area contributed by atoms with Crippen LogP contribution in [0.3, 0.4) is 0 Å². The van der Waals surface area contributed by atoms with E-state index in [0.29, 0.717) is 18.7 Å². The van der Waals surface area contributed by atoms with Crippen molar-refractivity contribution < 1.29 is 9.59 Å². The Balaban J connectivity index is 1.55. The minimum Gasteiger partial charge on any atom is -0.349 e. The summed E-state index contributed by atoms with van der Waals surface area (Å²) in [5.41, 5.74) is 3.72. The number of halogens is 1. The highest BCUT2D eigenvalue weighted by molar-refractivity contribution is 9.10. The van der Waals surface area contributed by atoms with Crippen LogP contribution in [0.15, 0.2) is 46.9 Å². The molecule has 0 radical (unpaired) electrons. The van der Waals surface area contributed by atoms with E-state index in [1.165, 1.54) is 5.56 Å². The van der Waals surface area contributed by atoms with Gasteiger partial charge in [0.15, 0.2) is 0 Å². The summed E-state index contributed by atoms with van der Waals surface area (Å²) in [6.45, 7) is 5.40. The van der Waals surface area contributed by atoms with Crippen molar-refractivity contribution in [2.75, 3.05) is 13.1 Å². The highest BCUT2D eigenvalue weighted by Gasteiger charge is 2.25. The third-order valence-electron chi connectivity index (χ3n) is 4.98. The first-order chi connectivity index (χ1) is 12.4. The zero-order chi connectivity index (χ0) is 18.7. The molecule has 1 fully saturated rings. The topological polar surface area (TPSA) is 49.4 Å². The SMILES string of the molecule is Cc1ccc(C(=O)N2CCC(NC(=O)c3ccc(Br)cc3)CC2)cc1C. The Kier molecular flexibility index (Phi) is 5.77. The van der Waals surface area contributed by atoms with Crippen LogP contribution >= 0.6 is 15.9 Å². The molecule has 1 heterocycles. The van der Waals surface area contributed by atoms with Gasteiger partial charge < -0.3 is 10.2 Å². The quantitative estimate of drug-likeness (QED) is 0.821. The Labute approximate surface area is 162 Å². The van der Waals surface area contributed by atoms with Crippen LogP contribution in [-0.2, 0) is 0 Å². The van der Waals surface area contributed by atoms with Crippen LogP contribution in [0.2, 0.25) is 0 Å². The van der Waals surface area contributed by atoms with Gasteiger partial charge in [0.1, 0.15) is 0 Å². The van der Waals surface area contributed by atoms with Gasteiger partial charge in [-0.1, -0.05) is 22.0 Å². The normalized spacial score (nSPS) is 15.0. The van der Waals surface area contributed by atoms with E-state index in [2.05, 4.69) is 21.2 Å². The van der Waals surface area contributed by atoms with Gasteiger partial charge in [0.05, 0.1) is 0 Å². The van der Waals surface area contributed by atoms with Gasteiger partial charge in [-0.15, -0.1) is 0 Å². The summed E-state index contributed by atoms with van der Waals surface area (Å²) in [6, 6.07) is 13.3. The lowest BCUT2D eigenvalue weighted by Gasteiger charge is -2.32. The molecule has 1 N–H and O–H groups in total. The number of rotatable bonds is 3. The molecule has 2 amide bonds. The summed E-state index contributed by atoms with van der Waals surface area (Å²) in [5.74, 6) is 0.0159. The molecule has 1 saturated heterocycles. The van der Waals surface area contributed by atoms with Gasteiger partial charge in [-0.2, -0.15) is 0 Å². The number of aryl methyl sites for hydroxylation is 2. The molecular formula is C21H23BrN2O2. The second kappa shape index (κ2) is 8.04. The molecule has 0 spiro atoms. The predicted octanol–water partition coefficient (Wildman–Crippen LogP) is 4.10. The lowest BCUT2D eigenvalue weighted by Crippen LogP contribution is -2.46. The lowest BCUT2D eigenvalue weighted by molar-refractivity contribution is 0.0698. The van der Waals surface area contributed by atoms with Gasteiger partial charge >= 0.3 is 0 Å². The number of likely N-dealkylation sites (tertiary alicyclic amines) is 1. The molecule has 136 valence electrons. The average Bonchev–Trinajstić information content (AvgIpc) is 2.64. The zero-order valence-electron chi connectivity index (χ0n) is 15.1. The average molecular weight is 415 g/mol. The molecular weight excluding hydrogens is 392 g/mol. The van der Waals surface area contributed by atoms with Gasteiger partial charge in [-0.3, -0.25) is 9.59 Å². The minimum absolute atomic E-state index is 0.0589. The standard InChI is InChI=1S/C21H23BrN2O2/c1-14-3-4-17(13-15(14)2)21(26)24-11-9-19(10-12-24)23-20(25)16-5-7-18(22)8-6-16/h3-8,13,19H,9-12H2,1-2H3,(H,23,25).